The molecular formula is C22H23FN2O6. The fraction of sp³-hybridized carbons (Fsp3) is 0.273. The molecule has 0 unspecified atom stereocenters. The molecule has 164 valence electrons. The van der Waals surface area contributed by atoms with Gasteiger partial charge in [0.05, 0.1) is 25.3 Å². The number of rotatable bonds is 7. The van der Waals surface area contributed by atoms with Crippen LogP contribution in [0, 0.1) is 11.7 Å². The van der Waals surface area contributed by atoms with Crippen LogP contribution in [0.15, 0.2) is 42.5 Å². The van der Waals surface area contributed by atoms with E-state index in [1.807, 2.05) is 0 Å². The van der Waals surface area contributed by atoms with Crippen molar-refractivity contribution in [3.05, 3.63) is 65.0 Å². The number of benzene rings is 2. The van der Waals surface area contributed by atoms with E-state index >= 15 is 0 Å². The van der Waals surface area contributed by atoms with Crippen molar-refractivity contribution < 1.29 is 33.0 Å². The smallest absolute Gasteiger partial charge is 0.337 e. The number of nitrogens with one attached hydrogen (secondary N) is 2. The van der Waals surface area contributed by atoms with Gasteiger partial charge in [0.25, 0.3) is 5.91 Å². The molecule has 0 saturated carbocycles. The van der Waals surface area contributed by atoms with Gasteiger partial charge < -0.3 is 20.1 Å². The molecule has 8 nitrogen and oxygen atoms in total. The van der Waals surface area contributed by atoms with Crippen molar-refractivity contribution >= 4 is 29.4 Å². The summed E-state index contributed by atoms with van der Waals surface area (Å²) >= 11 is 0. The first-order chi connectivity index (χ1) is 14.7. The van der Waals surface area contributed by atoms with Gasteiger partial charge in [0.15, 0.2) is 0 Å². The second kappa shape index (κ2) is 10.3. The summed E-state index contributed by atoms with van der Waals surface area (Å²) in [7, 11) is 2.37. The van der Waals surface area contributed by atoms with Crippen molar-refractivity contribution in [3.8, 4) is 0 Å². The van der Waals surface area contributed by atoms with Gasteiger partial charge in [-0.3, -0.25) is 9.59 Å². The number of halogens is 1. The van der Waals surface area contributed by atoms with Crippen LogP contribution >= 0.6 is 0 Å². The maximum Gasteiger partial charge on any atom is 0.337 e. The monoisotopic (exact) mass is 430 g/mol. The molecule has 0 radical (unpaired) electrons. The van der Waals surface area contributed by atoms with E-state index in [2.05, 4.69) is 20.1 Å². The van der Waals surface area contributed by atoms with Crippen LogP contribution in [0.2, 0.25) is 0 Å². The third-order valence-electron chi connectivity index (χ3n) is 4.38. The third kappa shape index (κ3) is 6.11. The number of methoxy groups -OCH3 is 2. The molecule has 1 atom stereocenters. The summed E-state index contributed by atoms with van der Waals surface area (Å²) in [6.45, 7) is 3.47. The predicted molar refractivity (Wildman–Crippen MR) is 110 cm³/mol. The van der Waals surface area contributed by atoms with Gasteiger partial charge in [0, 0.05) is 11.3 Å². The second-order valence-electron chi connectivity index (χ2n) is 6.97. The Bertz CT molecular complexity index is 954. The van der Waals surface area contributed by atoms with Crippen LogP contribution in [0.3, 0.4) is 0 Å². The highest BCUT2D eigenvalue weighted by molar-refractivity contribution is 6.03. The van der Waals surface area contributed by atoms with Crippen LogP contribution in [0.1, 0.15) is 44.9 Å². The van der Waals surface area contributed by atoms with Crippen molar-refractivity contribution in [3.63, 3.8) is 0 Å². The standard InChI is InChI=1S/C22H23FN2O6/c1-12(2)18(25-19(26)13-5-7-16(23)8-6-13)20(27)24-17-10-14(21(28)30-3)9-15(11-17)22(29)31-4/h5-12,18H,1-4H3,(H,24,27)(H,25,26)/t18-/m0/s1. The second-order valence-corrected chi connectivity index (χ2v) is 6.97. The Balaban J connectivity index is 2.26. The zero-order valence-electron chi connectivity index (χ0n) is 17.5. The maximum atomic E-state index is 13.1. The van der Waals surface area contributed by atoms with Gasteiger partial charge in [-0.05, 0) is 48.4 Å². The van der Waals surface area contributed by atoms with Gasteiger partial charge in [-0.2, -0.15) is 0 Å². The minimum absolute atomic E-state index is 0.0390. The fourth-order valence-electron chi connectivity index (χ4n) is 2.75. The Hall–Kier alpha value is -3.75. The number of carbonyl (C=O) groups excluding carboxylic acids is 4. The molecule has 2 rings (SSSR count). The highest BCUT2D eigenvalue weighted by Crippen LogP contribution is 2.18. The van der Waals surface area contributed by atoms with E-state index in [4.69, 9.17) is 0 Å². The number of carbonyl (C=O) groups is 4. The molecule has 2 aromatic carbocycles. The van der Waals surface area contributed by atoms with Crippen LogP contribution in [-0.4, -0.2) is 44.0 Å². The Morgan fingerprint density at radius 2 is 1.35 bits per heavy atom. The molecule has 31 heavy (non-hydrogen) atoms. The number of ether oxygens (including phenoxy) is 2. The van der Waals surface area contributed by atoms with Gasteiger partial charge in [-0.1, -0.05) is 13.8 Å². The summed E-state index contributed by atoms with van der Waals surface area (Å²) in [5.74, 6) is -3.30. The van der Waals surface area contributed by atoms with Gasteiger partial charge in [-0.25, -0.2) is 14.0 Å². The largest absolute Gasteiger partial charge is 0.465 e. The number of hydrogen-bond donors (Lipinski definition) is 2. The molecular weight excluding hydrogens is 407 g/mol. The molecule has 0 heterocycles. The molecule has 0 bridgehead atoms. The molecule has 0 saturated heterocycles. The third-order valence-corrected chi connectivity index (χ3v) is 4.38. The molecule has 0 fully saturated rings. The normalized spacial score (nSPS) is 11.4. The summed E-state index contributed by atoms with van der Waals surface area (Å²) in [6.07, 6.45) is 0. The lowest BCUT2D eigenvalue weighted by molar-refractivity contribution is -0.118. The van der Waals surface area contributed by atoms with E-state index in [0.717, 1.165) is 12.1 Å². The first-order valence-electron chi connectivity index (χ1n) is 9.35. The zero-order chi connectivity index (χ0) is 23.1. The van der Waals surface area contributed by atoms with E-state index < -0.39 is 35.6 Å². The molecule has 2 N–H and O–H groups in total. The summed E-state index contributed by atoms with van der Waals surface area (Å²) < 4.78 is 22.4. The van der Waals surface area contributed by atoms with E-state index in [1.54, 1.807) is 13.8 Å². The number of anilines is 1. The molecule has 0 aliphatic carbocycles. The Morgan fingerprint density at radius 3 is 1.81 bits per heavy atom. The van der Waals surface area contributed by atoms with Crippen LogP contribution in [0.5, 0.6) is 0 Å². The van der Waals surface area contributed by atoms with Gasteiger partial charge in [0.2, 0.25) is 5.91 Å². The van der Waals surface area contributed by atoms with E-state index in [-0.39, 0.29) is 28.3 Å². The van der Waals surface area contributed by atoms with E-state index in [1.165, 1.54) is 44.6 Å². The summed E-state index contributed by atoms with van der Waals surface area (Å²) in [5, 5.41) is 5.21. The topological polar surface area (TPSA) is 111 Å². The van der Waals surface area contributed by atoms with Gasteiger partial charge >= 0.3 is 11.9 Å². The number of hydrogen-bond acceptors (Lipinski definition) is 6. The quantitative estimate of drug-likeness (QED) is 0.654. The Labute approximate surface area is 178 Å². The van der Waals surface area contributed by atoms with Crippen molar-refractivity contribution in [2.75, 3.05) is 19.5 Å². The lowest BCUT2D eigenvalue weighted by atomic mass is 10.0. The minimum Gasteiger partial charge on any atom is -0.465 e. The molecule has 0 aliphatic rings. The van der Waals surface area contributed by atoms with Crippen LogP contribution in [-0.2, 0) is 14.3 Å². The van der Waals surface area contributed by atoms with E-state index in [9.17, 15) is 23.6 Å². The van der Waals surface area contributed by atoms with Crippen LogP contribution in [0.25, 0.3) is 0 Å². The highest BCUT2D eigenvalue weighted by Gasteiger charge is 2.25. The molecule has 0 spiro atoms. The average molecular weight is 430 g/mol. The average Bonchev–Trinajstić information content (AvgIpc) is 2.75. The number of esters is 2. The van der Waals surface area contributed by atoms with Crippen LogP contribution < -0.4 is 10.6 Å². The lowest BCUT2D eigenvalue weighted by Gasteiger charge is -2.22. The maximum absolute atomic E-state index is 13.1. The first kappa shape index (κ1) is 23.5. The van der Waals surface area contributed by atoms with Crippen LogP contribution in [0.4, 0.5) is 10.1 Å². The fourth-order valence-corrected chi connectivity index (χ4v) is 2.75. The lowest BCUT2D eigenvalue weighted by Crippen LogP contribution is -2.47. The van der Waals surface area contributed by atoms with E-state index in [0.29, 0.717) is 0 Å². The molecule has 9 heteroatoms. The Morgan fingerprint density at radius 1 is 0.839 bits per heavy atom. The highest BCUT2D eigenvalue weighted by atomic mass is 19.1. The predicted octanol–water partition coefficient (Wildman–Crippen LogP) is 2.79. The van der Waals surface area contributed by atoms with Crippen molar-refractivity contribution in [2.24, 2.45) is 5.92 Å². The molecule has 0 aliphatic heterocycles. The Kier molecular flexibility index (Phi) is 7.84. The van der Waals surface area contributed by atoms with Crippen molar-refractivity contribution in [2.45, 2.75) is 19.9 Å². The van der Waals surface area contributed by atoms with Crippen molar-refractivity contribution in [1.29, 1.82) is 0 Å². The van der Waals surface area contributed by atoms with Crippen molar-refractivity contribution in [1.82, 2.24) is 5.32 Å². The molecule has 2 aromatic rings. The minimum atomic E-state index is -0.944. The summed E-state index contributed by atoms with van der Waals surface area (Å²) in [6, 6.07) is 7.93. The molecule has 0 aromatic heterocycles. The number of amides is 2. The zero-order valence-corrected chi connectivity index (χ0v) is 17.5. The van der Waals surface area contributed by atoms with Gasteiger partial charge in [0.1, 0.15) is 11.9 Å². The SMILES string of the molecule is COC(=O)c1cc(NC(=O)[C@@H](NC(=O)c2ccc(F)cc2)C(C)C)cc(C(=O)OC)c1. The summed E-state index contributed by atoms with van der Waals surface area (Å²) in [4.78, 5) is 49.1. The summed E-state index contributed by atoms with van der Waals surface area (Å²) in [5.41, 5.74) is 0.421. The van der Waals surface area contributed by atoms with Gasteiger partial charge in [-0.15, -0.1) is 0 Å². The first-order valence-corrected chi connectivity index (χ1v) is 9.35. The molecule has 2 amide bonds.